The molecule has 2 unspecified atom stereocenters. The third-order valence-electron chi connectivity index (χ3n) is 4.56. The number of nitrogens with two attached hydrogens (primary N) is 1. The van der Waals surface area contributed by atoms with Crippen molar-refractivity contribution in [2.75, 3.05) is 19.6 Å². The molecule has 2 nitrogen and oxygen atoms in total. The van der Waals surface area contributed by atoms with E-state index in [0.29, 0.717) is 5.56 Å². The molecule has 20 heavy (non-hydrogen) atoms. The zero-order valence-electron chi connectivity index (χ0n) is 12.7. The van der Waals surface area contributed by atoms with Gasteiger partial charge in [0.2, 0.25) is 0 Å². The summed E-state index contributed by atoms with van der Waals surface area (Å²) in [5.74, 6) is 0.693. The van der Waals surface area contributed by atoms with Gasteiger partial charge in [-0.05, 0) is 62.4 Å². The first-order valence-electron chi connectivity index (χ1n) is 7.84. The molecule has 0 saturated carbocycles. The predicted octanol–water partition coefficient (Wildman–Crippen LogP) is 3.65. The van der Waals surface area contributed by atoms with Gasteiger partial charge in [-0.25, -0.2) is 4.39 Å². The number of rotatable bonds is 5. The van der Waals surface area contributed by atoms with Crippen LogP contribution in [-0.2, 0) is 0 Å². The highest BCUT2D eigenvalue weighted by Crippen LogP contribution is 2.22. The van der Waals surface area contributed by atoms with Crippen molar-refractivity contribution >= 4 is 0 Å². The molecule has 1 aliphatic rings. The van der Waals surface area contributed by atoms with Crippen LogP contribution in [0, 0.1) is 18.7 Å². The largest absolute Gasteiger partial charge is 0.324 e. The summed E-state index contributed by atoms with van der Waals surface area (Å²) >= 11 is 0. The van der Waals surface area contributed by atoms with Crippen molar-refractivity contribution in [2.45, 2.75) is 45.6 Å². The van der Waals surface area contributed by atoms with Crippen LogP contribution in [0.5, 0.6) is 0 Å². The van der Waals surface area contributed by atoms with Crippen LogP contribution in [-0.4, -0.2) is 24.5 Å². The van der Waals surface area contributed by atoms with E-state index in [-0.39, 0.29) is 11.9 Å². The highest BCUT2D eigenvalue weighted by Gasteiger charge is 2.19. The van der Waals surface area contributed by atoms with Crippen molar-refractivity contribution < 1.29 is 4.39 Å². The summed E-state index contributed by atoms with van der Waals surface area (Å²) in [6.07, 6.45) is 4.83. The predicted molar refractivity (Wildman–Crippen MR) is 82.1 cm³/mol. The average molecular weight is 278 g/mol. The summed E-state index contributed by atoms with van der Waals surface area (Å²) in [5, 5.41) is 0. The Hall–Kier alpha value is -0.930. The first-order valence-corrected chi connectivity index (χ1v) is 7.84. The van der Waals surface area contributed by atoms with Crippen molar-refractivity contribution in [2.24, 2.45) is 11.7 Å². The monoisotopic (exact) mass is 278 g/mol. The number of hydrogen-bond acceptors (Lipinski definition) is 2. The fraction of sp³-hybridized carbons (Fsp3) is 0.647. The summed E-state index contributed by atoms with van der Waals surface area (Å²) in [7, 11) is 0. The molecule has 0 spiro atoms. The molecule has 2 N–H and O–H groups in total. The minimum absolute atomic E-state index is 0.0629. The summed E-state index contributed by atoms with van der Waals surface area (Å²) in [6, 6.07) is 5.30. The summed E-state index contributed by atoms with van der Waals surface area (Å²) in [6.45, 7) is 7.46. The van der Waals surface area contributed by atoms with E-state index in [9.17, 15) is 4.39 Å². The third-order valence-corrected chi connectivity index (χ3v) is 4.56. The molecule has 0 aromatic heterocycles. The van der Waals surface area contributed by atoms with Gasteiger partial charge < -0.3 is 10.6 Å². The van der Waals surface area contributed by atoms with E-state index in [1.807, 2.05) is 12.1 Å². The van der Waals surface area contributed by atoms with Crippen molar-refractivity contribution in [1.29, 1.82) is 0 Å². The summed E-state index contributed by atoms with van der Waals surface area (Å²) < 4.78 is 13.6. The number of likely N-dealkylation sites (tertiary alicyclic amines) is 1. The lowest BCUT2D eigenvalue weighted by atomic mass is 9.95. The van der Waals surface area contributed by atoms with Crippen LogP contribution in [0.4, 0.5) is 4.39 Å². The molecule has 1 aromatic carbocycles. The van der Waals surface area contributed by atoms with E-state index in [2.05, 4.69) is 11.8 Å². The molecule has 0 amide bonds. The fourth-order valence-electron chi connectivity index (χ4n) is 3.02. The quantitative estimate of drug-likeness (QED) is 0.891. The first kappa shape index (κ1) is 15.5. The normalized spacial score (nSPS) is 21.9. The van der Waals surface area contributed by atoms with E-state index in [1.165, 1.54) is 32.4 Å². The zero-order chi connectivity index (χ0) is 14.5. The smallest absolute Gasteiger partial charge is 0.126 e. The highest BCUT2D eigenvalue weighted by molar-refractivity contribution is 5.25. The van der Waals surface area contributed by atoms with Gasteiger partial charge in [0.05, 0.1) is 0 Å². The molecule has 0 radical (unpaired) electrons. The zero-order valence-corrected chi connectivity index (χ0v) is 12.7. The lowest BCUT2D eigenvalue weighted by molar-refractivity contribution is 0.167. The van der Waals surface area contributed by atoms with Crippen LogP contribution < -0.4 is 5.73 Å². The number of hydrogen-bond donors (Lipinski definition) is 1. The second kappa shape index (κ2) is 7.19. The lowest BCUT2D eigenvalue weighted by Gasteiger charge is -2.32. The number of aryl methyl sites for hydroxylation is 1. The number of halogens is 1. The SMILES string of the molecule is CCC1CCCN(CCC(N)c2ccc(C)c(F)c2)C1. The van der Waals surface area contributed by atoms with E-state index in [0.717, 1.165) is 24.4 Å². The van der Waals surface area contributed by atoms with Crippen molar-refractivity contribution in [3.63, 3.8) is 0 Å². The second-order valence-electron chi connectivity index (χ2n) is 6.12. The maximum Gasteiger partial charge on any atom is 0.126 e. The molecule has 2 atom stereocenters. The molecule has 0 bridgehead atoms. The van der Waals surface area contributed by atoms with Crippen molar-refractivity contribution in [3.8, 4) is 0 Å². The molecule has 1 heterocycles. The molecule has 1 saturated heterocycles. The standard InChI is InChI=1S/C17H27FN2/c1-3-14-5-4-9-20(12-14)10-8-17(19)15-7-6-13(2)16(18)11-15/h6-7,11,14,17H,3-5,8-10,12,19H2,1-2H3. The van der Waals surface area contributed by atoms with E-state index in [4.69, 9.17) is 5.73 Å². The minimum Gasteiger partial charge on any atom is -0.324 e. The third kappa shape index (κ3) is 4.03. The van der Waals surface area contributed by atoms with Gasteiger partial charge in [-0.1, -0.05) is 25.5 Å². The van der Waals surface area contributed by atoms with Gasteiger partial charge in [-0.2, -0.15) is 0 Å². The molecule has 1 fully saturated rings. The molecule has 0 aliphatic carbocycles. The summed E-state index contributed by atoms with van der Waals surface area (Å²) in [4.78, 5) is 2.52. The molecule has 112 valence electrons. The van der Waals surface area contributed by atoms with E-state index >= 15 is 0 Å². The molecule has 1 aromatic rings. The Balaban J connectivity index is 1.85. The summed E-state index contributed by atoms with van der Waals surface area (Å²) in [5.41, 5.74) is 7.80. The molecular formula is C17H27FN2. The number of benzene rings is 1. The van der Waals surface area contributed by atoms with Gasteiger partial charge in [-0.15, -0.1) is 0 Å². The Labute approximate surface area is 122 Å². The van der Waals surface area contributed by atoms with Crippen molar-refractivity contribution in [1.82, 2.24) is 4.90 Å². The molecular weight excluding hydrogens is 251 g/mol. The Morgan fingerprint density at radius 2 is 2.25 bits per heavy atom. The first-order chi connectivity index (χ1) is 9.60. The Bertz CT molecular complexity index is 433. The van der Waals surface area contributed by atoms with E-state index < -0.39 is 0 Å². The van der Waals surface area contributed by atoms with Crippen LogP contribution in [0.2, 0.25) is 0 Å². The Morgan fingerprint density at radius 3 is 2.95 bits per heavy atom. The maximum absolute atomic E-state index is 13.6. The molecule has 1 aliphatic heterocycles. The Morgan fingerprint density at radius 1 is 1.45 bits per heavy atom. The van der Waals surface area contributed by atoms with Gasteiger partial charge in [-0.3, -0.25) is 0 Å². The Kier molecular flexibility index (Phi) is 5.55. The second-order valence-corrected chi connectivity index (χ2v) is 6.12. The maximum atomic E-state index is 13.6. The highest BCUT2D eigenvalue weighted by atomic mass is 19.1. The fourth-order valence-corrected chi connectivity index (χ4v) is 3.02. The number of piperidine rings is 1. The van der Waals surface area contributed by atoms with Crippen LogP contribution in [0.3, 0.4) is 0 Å². The lowest BCUT2D eigenvalue weighted by Crippen LogP contribution is -2.36. The van der Waals surface area contributed by atoms with Crippen LogP contribution in [0.15, 0.2) is 18.2 Å². The number of nitrogens with zero attached hydrogens (tertiary/aromatic N) is 1. The topological polar surface area (TPSA) is 29.3 Å². The minimum atomic E-state index is -0.151. The van der Waals surface area contributed by atoms with Gasteiger partial charge in [0.25, 0.3) is 0 Å². The molecule has 2 rings (SSSR count). The van der Waals surface area contributed by atoms with E-state index in [1.54, 1.807) is 13.0 Å². The van der Waals surface area contributed by atoms with Gasteiger partial charge in [0.15, 0.2) is 0 Å². The van der Waals surface area contributed by atoms with Gasteiger partial charge in [0, 0.05) is 12.6 Å². The van der Waals surface area contributed by atoms with Crippen LogP contribution in [0.1, 0.15) is 49.8 Å². The molecule has 3 heteroatoms. The van der Waals surface area contributed by atoms with Crippen LogP contribution >= 0.6 is 0 Å². The van der Waals surface area contributed by atoms with Crippen LogP contribution in [0.25, 0.3) is 0 Å². The van der Waals surface area contributed by atoms with Gasteiger partial charge >= 0.3 is 0 Å². The van der Waals surface area contributed by atoms with Gasteiger partial charge in [0.1, 0.15) is 5.82 Å². The average Bonchev–Trinajstić information content (AvgIpc) is 2.47. The van der Waals surface area contributed by atoms with Crippen molar-refractivity contribution in [3.05, 3.63) is 35.1 Å².